The third kappa shape index (κ3) is 3.43. The van der Waals surface area contributed by atoms with Crippen molar-refractivity contribution in [3.63, 3.8) is 0 Å². The minimum absolute atomic E-state index is 0.0435. The summed E-state index contributed by atoms with van der Waals surface area (Å²) in [7, 11) is 0. The second kappa shape index (κ2) is 7.80. The van der Waals surface area contributed by atoms with Gasteiger partial charge < -0.3 is 9.80 Å². The molecule has 2 aromatic heterocycles. The summed E-state index contributed by atoms with van der Waals surface area (Å²) in [6.45, 7) is 7.15. The first-order valence-electron chi connectivity index (χ1n) is 10.8. The Kier molecular flexibility index (Phi) is 4.92. The zero-order valence-electron chi connectivity index (χ0n) is 18.6. The topological polar surface area (TPSA) is 110 Å². The zero-order chi connectivity index (χ0) is 23.3. The van der Waals surface area contributed by atoms with E-state index in [1.807, 2.05) is 42.5 Å². The lowest BCUT2D eigenvalue weighted by atomic mass is 10.1. The van der Waals surface area contributed by atoms with Crippen molar-refractivity contribution in [1.82, 2.24) is 24.5 Å². The highest BCUT2D eigenvalue weighted by Crippen LogP contribution is 2.27. The Morgan fingerprint density at radius 1 is 1.12 bits per heavy atom. The maximum atomic E-state index is 13.2. The van der Waals surface area contributed by atoms with Crippen molar-refractivity contribution in [3.05, 3.63) is 69.5 Å². The Morgan fingerprint density at radius 3 is 2.67 bits per heavy atom. The maximum absolute atomic E-state index is 13.2. The Morgan fingerprint density at radius 2 is 1.91 bits per heavy atom. The first kappa shape index (κ1) is 20.8. The van der Waals surface area contributed by atoms with Crippen LogP contribution in [0, 0.1) is 24.0 Å². The molecule has 0 spiro atoms. The first-order chi connectivity index (χ1) is 15.8. The van der Waals surface area contributed by atoms with E-state index in [1.165, 1.54) is 6.07 Å². The first-order valence-corrected chi connectivity index (χ1v) is 10.8. The summed E-state index contributed by atoms with van der Waals surface area (Å²) in [5.74, 6) is 1.29. The highest BCUT2D eigenvalue weighted by molar-refractivity contribution is 5.95. The van der Waals surface area contributed by atoms with Gasteiger partial charge >= 0.3 is 0 Å². The van der Waals surface area contributed by atoms with Gasteiger partial charge in [-0.15, -0.1) is 10.2 Å². The summed E-state index contributed by atoms with van der Waals surface area (Å²) in [6, 6.07) is 12.4. The molecule has 1 aliphatic rings. The van der Waals surface area contributed by atoms with Crippen molar-refractivity contribution in [1.29, 1.82) is 0 Å². The summed E-state index contributed by atoms with van der Waals surface area (Å²) >= 11 is 0. The lowest BCUT2D eigenvalue weighted by Gasteiger charge is -2.40. The fourth-order valence-electron chi connectivity index (χ4n) is 4.45. The molecule has 10 nitrogen and oxygen atoms in total. The molecular formula is C23H23N7O3. The number of carbonyl (C=O) groups is 1. The minimum Gasteiger partial charge on any atom is -0.338 e. The predicted molar refractivity (Wildman–Crippen MR) is 124 cm³/mol. The van der Waals surface area contributed by atoms with Crippen LogP contribution in [0.3, 0.4) is 0 Å². The van der Waals surface area contributed by atoms with Crippen LogP contribution in [0.1, 0.15) is 28.7 Å². The summed E-state index contributed by atoms with van der Waals surface area (Å²) in [5.41, 5.74) is 2.41. The van der Waals surface area contributed by atoms with E-state index in [4.69, 9.17) is 4.98 Å². The molecule has 0 bridgehead atoms. The minimum atomic E-state index is -0.453. The molecule has 1 aliphatic heterocycles. The molecular weight excluding hydrogens is 422 g/mol. The summed E-state index contributed by atoms with van der Waals surface area (Å²) in [5, 5.41) is 20.9. The SMILES string of the molecule is Cc1ccc(C(=O)N2CCN(c3nc4ccccc4c4nnc(C)n34)CC2C)cc1[N+](=O)[O-]. The molecule has 4 aromatic rings. The Balaban J connectivity index is 1.45. The number of aryl methyl sites for hydroxylation is 2. The van der Waals surface area contributed by atoms with E-state index in [-0.39, 0.29) is 17.6 Å². The molecule has 5 rings (SSSR count). The smallest absolute Gasteiger partial charge is 0.273 e. The molecule has 1 atom stereocenters. The van der Waals surface area contributed by atoms with E-state index in [0.29, 0.717) is 30.8 Å². The molecule has 0 radical (unpaired) electrons. The normalized spacial score (nSPS) is 16.5. The van der Waals surface area contributed by atoms with Crippen molar-refractivity contribution in [2.75, 3.05) is 24.5 Å². The Hall–Kier alpha value is -4.08. The van der Waals surface area contributed by atoms with E-state index < -0.39 is 4.92 Å². The number of fused-ring (bicyclic) bond motifs is 3. The number of nitro benzene ring substituents is 1. The number of benzene rings is 2. The van der Waals surface area contributed by atoms with E-state index in [1.54, 1.807) is 24.0 Å². The number of carbonyl (C=O) groups excluding carboxylic acids is 1. The lowest BCUT2D eigenvalue weighted by molar-refractivity contribution is -0.385. The summed E-state index contributed by atoms with van der Waals surface area (Å²) in [4.78, 5) is 32.8. The predicted octanol–water partition coefficient (Wildman–Crippen LogP) is 3.15. The Labute approximate surface area is 189 Å². The molecule has 168 valence electrons. The van der Waals surface area contributed by atoms with Gasteiger partial charge in [-0.1, -0.05) is 18.2 Å². The van der Waals surface area contributed by atoms with Crippen molar-refractivity contribution in [2.24, 2.45) is 0 Å². The van der Waals surface area contributed by atoms with Crippen molar-refractivity contribution >= 4 is 34.1 Å². The molecule has 0 saturated carbocycles. The molecule has 1 unspecified atom stereocenters. The molecule has 0 aliphatic carbocycles. The standard InChI is InChI=1S/C23H23N7O3/c1-14-8-9-17(12-20(14)30(32)33)22(31)28-11-10-27(13-15(28)2)23-24-19-7-5-4-6-18(19)21-26-25-16(3)29(21)23/h4-9,12,15H,10-11,13H2,1-3H3. The number of rotatable bonds is 3. The fourth-order valence-corrected chi connectivity index (χ4v) is 4.45. The van der Waals surface area contributed by atoms with E-state index in [9.17, 15) is 14.9 Å². The highest BCUT2D eigenvalue weighted by Gasteiger charge is 2.31. The molecule has 0 N–H and O–H groups in total. The van der Waals surface area contributed by atoms with Crippen LogP contribution in [-0.4, -0.2) is 61.0 Å². The Bertz CT molecular complexity index is 1410. The molecule has 2 aromatic carbocycles. The summed E-state index contributed by atoms with van der Waals surface area (Å²) in [6.07, 6.45) is 0. The van der Waals surface area contributed by atoms with E-state index in [0.717, 1.165) is 28.3 Å². The van der Waals surface area contributed by atoms with Crippen molar-refractivity contribution in [2.45, 2.75) is 26.8 Å². The second-order valence-corrected chi connectivity index (χ2v) is 8.39. The number of anilines is 1. The van der Waals surface area contributed by atoms with Crippen LogP contribution >= 0.6 is 0 Å². The molecule has 10 heteroatoms. The van der Waals surface area contributed by atoms with Gasteiger partial charge in [-0.25, -0.2) is 9.38 Å². The number of nitro groups is 1. The maximum Gasteiger partial charge on any atom is 0.273 e. The molecule has 3 heterocycles. The highest BCUT2D eigenvalue weighted by atomic mass is 16.6. The number of hydrogen-bond acceptors (Lipinski definition) is 7. The largest absolute Gasteiger partial charge is 0.338 e. The van der Waals surface area contributed by atoms with Crippen LogP contribution in [0.4, 0.5) is 11.6 Å². The van der Waals surface area contributed by atoms with Gasteiger partial charge in [0.2, 0.25) is 5.95 Å². The number of nitrogens with zero attached hydrogens (tertiary/aromatic N) is 7. The van der Waals surface area contributed by atoms with Gasteiger partial charge in [0, 0.05) is 48.3 Å². The molecule has 1 amide bonds. The molecule has 1 saturated heterocycles. The van der Waals surface area contributed by atoms with Crippen molar-refractivity contribution in [3.8, 4) is 0 Å². The van der Waals surface area contributed by atoms with Crippen LogP contribution in [0.5, 0.6) is 0 Å². The average molecular weight is 445 g/mol. The third-order valence-electron chi connectivity index (χ3n) is 6.21. The summed E-state index contributed by atoms with van der Waals surface area (Å²) < 4.78 is 1.95. The average Bonchev–Trinajstić information content (AvgIpc) is 3.20. The zero-order valence-corrected chi connectivity index (χ0v) is 18.6. The van der Waals surface area contributed by atoms with Crippen LogP contribution in [-0.2, 0) is 0 Å². The van der Waals surface area contributed by atoms with Crippen molar-refractivity contribution < 1.29 is 9.72 Å². The monoisotopic (exact) mass is 445 g/mol. The lowest BCUT2D eigenvalue weighted by Crippen LogP contribution is -2.54. The third-order valence-corrected chi connectivity index (χ3v) is 6.21. The number of hydrogen-bond donors (Lipinski definition) is 0. The quantitative estimate of drug-likeness (QED) is 0.352. The van der Waals surface area contributed by atoms with Crippen LogP contribution < -0.4 is 4.90 Å². The fraction of sp³-hybridized carbons (Fsp3) is 0.304. The second-order valence-electron chi connectivity index (χ2n) is 8.39. The number of amides is 1. The van der Waals surface area contributed by atoms with Gasteiger partial charge in [-0.3, -0.25) is 14.9 Å². The van der Waals surface area contributed by atoms with Crippen LogP contribution in [0.15, 0.2) is 42.5 Å². The van der Waals surface area contributed by atoms with Gasteiger partial charge in [0.15, 0.2) is 5.65 Å². The molecule has 1 fully saturated rings. The van der Waals surface area contributed by atoms with E-state index >= 15 is 0 Å². The number of piperazine rings is 1. The van der Waals surface area contributed by atoms with E-state index in [2.05, 4.69) is 15.1 Å². The van der Waals surface area contributed by atoms with Gasteiger partial charge in [-0.2, -0.15) is 0 Å². The van der Waals surface area contributed by atoms with Crippen LogP contribution in [0.2, 0.25) is 0 Å². The number of aromatic nitrogens is 4. The van der Waals surface area contributed by atoms with Gasteiger partial charge in [-0.05, 0) is 39.0 Å². The van der Waals surface area contributed by atoms with Crippen LogP contribution in [0.25, 0.3) is 16.6 Å². The van der Waals surface area contributed by atoms with Gasteiger partial charge in [0.05, 0.1) is 10.4 Å². The number of para-hydroxylation sites is 1. The van der Waals surface area contributed by atoms with Gasteiger partial charge in [0.1, 0.15) is 5.82 Å². The van der Waals surface area contributed by atoms with Gasteiger partial charge in [0.25, 0.3) is 11.6 Å². The molecule has 33 heavy (non-hydrogen) atoms.